The third-order valence-corrected chi connectivity index (χ3v) is 9.13. The molecule has 1 heterocycles. The van der Waals surface area contributed by atoms with E-state index < -0.39 is 19.2 Å². The zero-order chi connectivity index (χ0) is 24.0. The molecule has 33 heavy (non-hydrogen) atoms. The quantitative estimate of drug-likeness (QED) is 0.402. The van der Waals surface area contributed by atoms with E-state index in [4.69, 9.17) is 8.61 Å². The molecule has 2 unspecified atom stereocenters. The molecule has 2 saturated carbocycles. The highest BCUT2D eigenvalue weighted by molar-refractivity contribution is 7.86. The Labute approximate surface area is 203 Å². The lowest BCUT2D eigenvalue weighted by Gasteiger charge is -2.53. The molecule has 0 spiro atoms. The van der Waals surface area contributed by atoms with E-state index in [1.54, 1.807) is 0 Å². The van der Waals surface area contributed by atoms with Gasteiger partial charge in [-0.15, -0.1) is 0 Å². The first kappa shape index (κ1) is 25.2. The summed E-state index contributed by atoms with van der Waals surface area (Å²) in [5.74, 6) is 2.46. The van der Waals surface area contributed by atoms with E-state index in [1.165, 1.54) is 36.8 Å². The third kappa shape index (κ3) is 5.85. The molecule has 3 aliphatic rings. The van der Waals surface area contributed by atoms with Crippen molar-refractivity contribution in [2.45, 2.75) is 89.3 Å². The highest BCUT2D eigenvalue weighted by Crippen LogP contribution is 2.54. The fourth-order valence-corrected chi connectivity index (χ4v) is 7.56. The van der Waals surface area contributed by atoms with E-state index in [0.717, 1.165) is 50.4 Å². The van der Waals surface area contributed by atoms with E-state index >= 15 is 0 Å². The van der Waals surface area contributed by atoms with Gasteiger partial charge in [0.25, 0.3) is 10.1 Å². The predicted octanol–water partition coefficient (Wildman–Crippen LogP) is 4.84. The van der Waals surface area contributed by atoms with Crippen LogP contribution < -0.4 is 4.43 Å². The number of hydrogen-bond acceptors (Lipinski definition) is 5. The molecule has 7 heteroatoms. The van der Waals surface area contributed by atoms with Crippen molar-refractivity contribution in [3.63, 3.8) is 0 Å². The second kappa shape index (κ2) is 9.28. The Bertz CT molecular complexity index is 954. The lowest BCUT2D eigenvalue weighted by atomic mass is 9.58. The van der Waals surface area contributed by atoms with E-state index in [9.17, 15) is 8.42 Å². The molecule has 5 nitrogen and oxygen atoms in total. The maximum atomic E-state index is 12.0. The number of para-hydroxylation sites is 1. The van der Waals surface area contributed by atoms with Crippen LogP contribution in [0, 0.1) is 11.8 Å². The molecule has 3 fully saturated rings. The van der Waals surface area contributed by atoms with Crippen molar-refractivity contribution < 1.29 is 17.0 Å². The topological polar surface area (TPSA) is 55.8 Å². The fraction of sp³-hybridized carbons (Fsp3) is 0.769. The van der Waals surface area contributed by atoms with Crippen LogP contribution >= 0.6 is 0 Å². The molecule has 0 aromatic heterocycles. The normalized spacial score (nSPS) is 29.2. The van der Waals surface area contributed by atoms with Crippen molar-refractivity contribution in [1.82, 2.24) is 4.90 Å². The smallest absolute Gasteiger partial charge is 0.264 e. The van der Waals surface area contributed by atoms with Gasteiger partial charge in [-0.1, -0.05) is 39.0 Å². The standard InChI is InChI=1S/C26H43NO4SSi/c1-25(2,3)22-8-7-9-23(24(22)31-33(5)6)26-14-15-27(17-19-10-11-19)18-20(26)12-13-21(16-26)30-32(4,28)29/h7-9,19-21,33H,10-18H2,1-6H3/t20?,21-,26?/m0/s1. The summed E-state index contributed by atoms with van der Waals surface area (Å²) < 4.78 is 36.4. The highest BCUT2D eigenvalue weighted by Gasteiger charge is 2.51. The molecule has 0 radical (unpaired) electrons. The monoisotopic (exact) mass is 493 g/mol. The van der Waals surface area contributed by atoms with Crippen molar-refractivity contribution in [1.29, 1.82) is 0 Å². The van der Waals surface area contributed by atoms with Gasteiger partial charge in [0, 0.05) is 18.5 Å². The Morgan fingerprint density at radius 3 is 2.48 bits per heavy atom. The minimum absolute atomic E-state index is 0.0230. The number of rotatable bonds is 7. The maximum Gasteiger partial charge on any atom is 0.264 e. The van der Waals surface area contributed by atoms with Crippen LogP contribution in [0.25, 0.3) is 0 Å². The molecular formula is C26H43NO4SSi. The predicted molar refractivity (Wildman–Crippen MR) is 137 cm³/mol. The third-order valence-electron chi connectivity index (χ3n) is 7.80. The van der Waals surface area contributed by atoms with Gasteiger partial charge in [-0.2, -0.15) is 8.42 Å². The van der Waals surface area contributed by atoms with Crippen LogP contribution in [0.2, 0.25) is 13.1 Å². The maximum absolute atomic E-state index is 12.0. The zero-order valence-corrected chi connectivity index (χ0v) is 23.4. The summed E-state index contributed by atoms with van der Waals surface area (Å²) in [5.41, 5.74) is 2.44. The molecule has 1 aromatic carbocycles. The summed E-state index contributed by atoms with van der Waals surface area (Å²) in [5, 5.41) is 0. The number of likely N-dealkylation sites (tertiary alicyclic amines) is 1. The number of hydrogen-bond donors (Lipinski definition) is 0. The largest absolute Gasteiger partial charge is 0.547 e. The van der Waals surface area contributed by atoms with Crippen LogP contribution in [-0.2, 0) is 25.1 Å². The zero-order valence-electron chi connectivity index (χ0n) is 21.4. The van der Waals surface area contributed by atoms with Gasteiger partial charge in [-0.3, -0.25) is 4.18 Å². The lowest BCUT2D eigenvalue weighted by molar-refractivity contribution is 0.00620. The molecule has 4 rings (SSSR count). The summed E-state index contributed by atoms with van der Waals surface area (Å²) in [6.07, 6.45) is 7.29. The Morgan fingerprint density at radius 1 is 1.15 bits per heavy atom. The van der Waals surface area contributed by atoms with Gasteiger partial charge < -0.3 is 9.33 Å². The van der Waals surface area contributed by atoms with Crippen LogP contribution in [0.5, 0.6) is 5.75 Å². The Morgan fingerprint density at radius 2 is 1.88 bits per heavy atom. The Balaban J connectivity index is 1.77. The number of piperidine rings is 1. The number of nitrogens with zero attached hydrogens (tertiary/aromatic N) is 1. The van der Waals surface area contributed by atoms with Gasteiger partial charge >= 0.3 is 0 Å². The molecule has 1 aliphatic heterocycles. The summed E-state index contributed by atoms with van der Waals surface area (Å²) in [4.78, 5) is 2.67. The van der Waals surface area contributed by atoms with Crippen LogP contribution in [0.4, 0.5) is 0 Å². The summed E-state index contributed by atoms with van der Waals surface area (Å²) in [6, 6.07) is 6.68. The van der Waals surface area contributed by atoms with Gasteiger partial charge in [0.05, 0.1) is 12.4 Å². The van der Waals surface area contributed by atoms with Crippen molar-refractivity contribution in [3.8, 4) is 5.75 Å². The van der Waals surface area contributed by atoms with Gasteiger partial charge in [-0.25, -0.2) is 0 Å². The second-order valence-electron chi connectivity index (χ2n) is 12.1. The van der Waals surface area contributed by atoms with Crippen LogP contribution in [0.1, 0.15) is 70.4 Å². The number of benzene rings is 1. The van der Waals surface area contributed by atoms with Crippen molar-refractivity contribution >= 4 is 19.2 Å². The van der Waals surface area contributed by atoms with Crippen molar-refractivity contribution in [3.05, 3.63) is 29.3 Å². The molecule has 1 aromatic rings. The molecule has 3 atom stereocenters. The van der Waals surface area contributed by atoms with E-state index in [-0.39, 0.29) is 16.9 Å². The van der Waals surface area contributed by atoms with Crippen LogP contribution in [-0.4, -0.2) is 54.4 Å². The first-order chi connectivity index (χ1) is 15.4. The van der Waals surface area contributed by atoms with Crippen LogP contribution in [0.3, 0.4) is 0 Å². The average Bonchev–Trinajstić information content (AvgIpc) is 3.49. The minimum atomic E-state index is -3.48. The van der Waals surface area contributed by atoms with Gasteiger partial charge in [0.2, 0.25) is 9.04 Å². The Hall–Kier alpha value is -0.893. The molecule has 0 N–H and O–H groups in total. The Kier molecular flexibility index (Phi) is 7.09. The van der Waals surface area contributed by atoms with E-state index in [2.05, 4.69) is 57.0 Å². The van der Waals surface area contributed by atoms with E-state index in [1.807, 2.05) is 0 Å². The summed E-state index contributed by atoms with van der Waals surface area (Å²) in [7, 11) is -4.83. The van der Waals surface area contributed by atoms with Crippen molar-refractivity contribution in [2.24, 2.45) is 11.8 Å². The SMILES string of the molecule is C[SiH](C)Oc1c(C(C)(C)C)cccc1C12CCN(CC3CC3)CC1CC[C@H](OS(C)(=O)=O)C2. The van der Waals surface area contributed by atoms with Crippen LogP contribution in [0.15, 0.2) is 18.2 Å². The summed E-state index contributed by atoms with van der Waals surface area (Å²) in [6.45, 7) is 14.6. The first-order valence-electron chi connectivity index (χ1n) is 12.8. The molecule has 186 valence electrons. The van der Waals surface area contributed by atoms with Crippen molar-refractivity contribution in [2.75, 3.05) is 25.9 Å². The molecule has 2 aliphatic carbocycles. The molecule has 1 saturated heterocycles. The lowest BCUT2D eigenvalue weighted by Crippen LogP contribution is -2.54. The molecular weight excluding hydrogens is 450 g/mol. The second-order valence-corrected chi connectivity index (χ2v) is 16.0. The van der Waals surface area contributed by atoms with Gasteiger partial charge in [0.15, 0.2) is 0 Å². The van der Waals surface area contributed by atoms with Gasteiger partial charge in [0.1, 0.15) is 5.75 Å². The average molecular weight is 494 g/mol. The first-order valence-corrected chi connectivity index (χ1v) is 17.4. The highest BCUT2D eigenvalue weighted by atomic mass is 32.2. The van der Waals surface area contributed by atoms with Gasteiger partial charge in [-0.05, 0) is 86.5 Å². The minimum Gasteiger partial charge on any atom is -0.547 e. The fourth-order valence-electron chi connectivity index (χ4n) is 6.18. The number of fused-ring (bicyclic) bond motifs is 1. The van der Waals surface area contributed by atoms with E-state index in [0.29, 0.717) is 5.92 Å². The molecule has 0 bridgehead atoms. The molecule has 0 amide bonds. The summed E-state index contributed by atoms with van der Waals surface area (Å²) >= 11 is 0.